The number of amides is 1. The molecule has 0 bridgehead atoms. The fourth-order valence-electron chi connectivity index (χ4n) is 2.48. The minimum atomic E-state index is -0.151. The van der Waals surface area contributed by atoms with Gasteiger partial charge < -0.3 is 15.4 Å². The lowest BCUT2D eigenvalue weighted by Gasteiger charge is -2.30. The fourth-order valence-corrected chi connectivity index (χ4v) is 3.22. The average molecular weight is 258 g/mol. The number of carbonyl (C=O) groups is 1. The van der Waals surface area contributed by atoms with E-state index in [0.717, 1.165) is 24.6 Å². The zero-order valence-corrected chi connectivity index (χ0v) is 11.2. The van der Waals surface area contributed by atoms with Gasteiger partial charge in [-0.25, -0.2) is 0 Å². The molecule has 1 saturated carbocycles. The van der Waals surface area contributed by atoms with Crippen LogP contribution in [-0.2, 0) is 9.53 Å². The molecule has 0 aromatic rings. The maximum atomic E-state index is 12.0. The summed E-state index contributed by atoms with van der Waals surface area (Å²) in [5.74, 6) is 0.109. The minimum Gasteiger partial charge on any atom is -0.378 e. The molecule has 1 aliphatic heterocycles. The van der Waals surface area contributed by atoms with Crippen molar-refractivity contribution in [3.8, 4) is 0 Å². The van der Waals surface area contributed by atoms with E-state index < -0.39 is 0 Å². The van der Waals surface area contributed by atoms with Crippen molar-refractivity contribution in [3.05, 3.63) is 0 Å². The molecule has 5 heteroatoms. The monoisotopic (exact) mass is 258 g/mol. The first-order chi connectivity index (χ1) is 8.29. The van der Waals surface area contributed by atoms with E-state index in [0.29, 0.717) is 19.3 Å². The first-order valence-electron chi connectivity index (χ1n) is 6.44. The molecule has 2 N–H and O–H groups in total. The van der Waals surface area contributed by atoms with E-state index in [1.54, 1.807) is 0 Å². The Bertz CT molecular complexity index is 249. The maximum Gasteiger partial charge on any atom is 0.239 e. The standard InChI is InChI=1S/C12H22N2O2S/c1-17-10-4-2-9(3-5-10)14-12(15)11-8-16-7-6-13-11/h9-11,13H,2-8H2,1H3,(H,14,15). The van der Waals surface area contributed by atoms with Gasteiger partial charge in [0.15, 0.2) is 0 Å². The fraction of sp³-hybridized carbons (Fsp3) is 0.917. The van der Waals surface area contributed by atoms with Gasteiger partial charge in [0.05, 0.1) is 13.2 Å². The summed E-state index contributed by atoms with van der Waals surface area (Å²) >= 11 is 1.95. The molecule has 0 aromatic carbocycles. The number of hydrogen-bond donors (Lipinski definition) is 2. The summed E-state index contributed by atoms with van der Waals surface area (Å²) in [6.07, 6.45) is 6.85. The summed E-state index contributed by atoms with van der Waals surface area (Å²) in [5, 5.41) is 7.12. The molecule has 1 heterocycles. The Labute approximate surface area is 107 Å². The Morgan fingerprint density at radius 2 is 2.12 bits per heavy atom. The normalized spacial score (nSPS) is 34.3. The second-order valence-electron chi connectivity index (χ2n) is 4.80. The second-order valence-corrected chi connectivity index (χ2v) is 5.94. The molecule has 2 aliphatic rings. The van der Waals surface area contributed by atoms with Crippen LogP contribution in [0, 0.1) is 0 Å². The molecule has 0 spiro atoms. The lowest BCUT2D eigenvalue weighted by Crippen LogP contribution is -2.53. The Hall–Kier alpha value is -0.260. The zero-order valence-electron chi connectivity index (χ0n) is 10.4. The minimum absolute atomic E-state index is 0.109. The summed E-state index contributed by atoms with van der Waals surface area (Å²) in [4.78, 5) is 12.0. The van der Waals surface area contributed by atoms with Crippen molar-refractivity contribution in [3.63, 3.8) is 0 Å². The summed E-state index contributed by atoms with van der Waals surface area (Å²) in [5.41, 5.74) is 0. The lowest BCUT2D eigenvalue weighted by molar-refractivity contribution is -0.126. The number of carbonyl (C=O) groups excluding carboxylic acids is 1. The summed E-state index contributed by atoms with van der Waals surface area (Å²) in [6.45, 7) is 1.99. The van der Waals surface area contributed by atoms with Crippen LogP contribution in [0.1, 0.15) is 25.7 Å². The molecular formula is C12H22N2O2S. The van der Waals surface area contributed by atoms with Crippen LogP contribution in [0.2, 0.25) is 0 Å². The number of rotatable bonds is 3. The van der Waals surface area contributed by atoms with Crippen molar-refractivity contribution in [1.82, 2.24) is 10.6 Å². The van der Waals surface area contributed by atoms with Gasteiger partial charge in [-0.3, -0.25) is 4.79 Å². The molecule has 2 rings (SSSR count). The van der Waals surface area contributed by atoms with E-state index in [4.69, 9.17) is 4.74 Å². The van der Waals surface area contributed by atoms with Gasteiger partial charge >= 0.3 is 0 Å². The number of hydrogen-bond acceptors (Lipinski definition) is 4. The Kier molecular flexibility index (Phi) is 5.13. The quantitative estimate of drug-likeness (QED) is 0.785. The number of thioether (sulfide) groups is 1. The molecule has 1 saturated heterocycles. The predicted molar refractivity (Wildman–Crippen MR) is 70.3 cm³/mol. The van der Waals surface area contributed by atoms with Gasteiger partial charge in [0, 0.05) is 17.8 Å². The third-order valence-corrected chi connectivity index (χ3v) is 4.73. The van der Waals surface area contributed by atoms with Gasteiger partial charge in [-0.15, -0.1) is 0 Å². The summed E-state index contributed by atoms with van der Waals surface area (Å²) in [6, 6.07) is 0.219. The van der Waals surface area contributed by atoms with Gasteiger partial charge in [-0.05, 0) is 31.9 Å². The topological polar surface area (TPSA) is 50.4 Å². The van der Waals surface area contributed by atoms with Crippen LogP contribution in [0.25, 0.3) is 0 Å². The third kappa shape index (κ3) is 3.86. The molecule has 4 nitrogen and oxygen atoms in total. The molecule has 1 amide bonds. The number of morpholine rings is 1. The van der Waals surface area contributed by atoms with E-state index in [1.165, 1.54) is 12.8 Å². The Morgan fingerprint density at radius 1 is 1.35 bits per heavy atom. The van der Waals surface area contributed by atoms with Crippen LogP contribution in [0.5, 0.6) is 0 Å². The third-order valence-electron chi connectivity index (χ3n) is 3.59. The number of nitrogens with one attached hydrogen (secondary N) is 2. The molecule has 1 aliphatic carbocycles. The molecule has 2 fully saturated rings. The Balaban J connectivity index is 1.71. The smallest absolute Gasteiger partial charge is 0.239 e. The molecule has 17 heavy (non-hydrogen) atoms. The van der Waals surface area contributed by atoms with Gasteiger partial charge in [0.25, 0.3) is 0 Å². The van der Waals surface area contributed by atoms with Gasteiger partial charge in [0.2, 0.25) is 5.91 Å². The van der Waals surface area contributed by atoms with Gasteiger partial charge in [-0.1, -0.05) is 0 Å². The summed E-state index contributed by atoms with van der Waals surface area (Å²) in [7, 11) is 0. The summed E-state index contributed by atoms with van der Waals surface area (Å²) < 4.78 is 5.30. The number of ether oxygens (including phenoxy) is 1. The van der Waals surface area contributed by atoms with Crippen LogP contribution in [-0.4, -0.2) is 49.3 Å². The lowest BCUT2D eigenvalue weighted by atomic mass is 9.94. The van der Waals surface area contributed by atoms with E-state index in [2.05, 4.69) is 16.9 Å². The highest BCUT2D eigenvalue weighted by Crippen LogP contribution is 2.26. The van der Waals surface area contributed by atoms with E-state index in [9.17, 15) is 4.79 Å². The predicted octanol–water partition coefficient (Wildman–Crippen LogP) is 0.765. The second kappa shape index (κ2) is 6.61. The van der Waals surface area contributed by atoms with E-state index in [-0.39, 0.29) is 11.9 Å². The van der Waals surface area contributed by atoms with Crippen molar-refractivity contribution in [2.24, 2.45) is 0 Å². The van der Waals surface area contributed by atoms with Crippen LogP contribution in [0.15, 0.2) is 0 Å². The van der Waals surface area contributed by atoms with Crippen LogP contribution in [0.4, 0.5) is 0 Å². The highest BCUT2D eigenvalue weighted by molar-refractivity contribution is 7.99. The van der Waals surface area contributed by atoms with E-state index >= 15 is 0 Å². The first kappa shape index (κ1) is 13.2. The van der Waals surface area contributed by atoms with Crippen LogP contribution >= 0.6 is 11.8 Å². The van der Waals surface area contributed by atoms with Crippen molar-refractivity contribution in [2.75, 3.05) is 26.0 Å². The highest BCUT2D eigenvalue weighted by Gasteiger charge is 2.26. The first-order valence-corrected chi connectivity index (χ1v) is 7.72. The van der Waals surface area contributed by atoms with E-state index in [1.807, 2.05) is 11.8 Å². The van der Waals surface area contributed by atoms with Crippen LogP contribution in [0.3, 0.4) is 0 Å². The molecule has 0 aromatic heterocycles. The van der Waals surface area contributed by atoms with Gasteiger partial charge in [-0.2, -0.15) is 11.8 Å². The SMILES string of the molecule is CSC1CCC(NC(=O)C2COCCN2)CC1. The molecule has 1 unspecified atom stereocenters. The van der Waals surface area contributed by atoms with Crippen molar-refractivity contribution in [2.45, 2.75) is 43.0 Å². The zero-order chi connectivity index (χ0) is 12.1. The maximum absolute atomic E-state index is 12.0. The van der Waals surface area contributed by atoms with Crippen molar-refractivity contribution in [1.29, 1.82) is 0 Å². The van der Waals surface area contributed by atoms with Crippen molar-refractivity contribution >= 4 is 17.7 Å². The molecular weight excluding hydrogens is 236 g/mol. The van der Waals surface area contributed by atoms with Crippen molar-refractivity contribution < 1.29 is 9.53 Å². The van der Waals surface area contributed by atoms with Gasteiger partial charge in [0.1, 0.15) is 6.04 Å². The average Bonchev–Trinajstić information content (AvgIpc) is 2.40. The molecule has 1 atom stereocenters. The van der Waals surface area contributed by atoms with Crippen LogP contribution < -0.4 is 10.6 Å². The Morgan fingerprint density at radius 3 is 2.71 bits per heavy atom. The highest BCUT2D eigenvalue weighted by atomic mass is 32.2. The largest absolute Gasteiger partial charge is 0.378 e. The molecule has 0 radical (unpaired) electrons. The molecule has 98 valence electrons.